The molecule has 11 heteroatoms. The number of hydrogen-bond donors (Lipinski definition) is 1. The molecule has 2 aromatic heterocycles. The summed E-state index contributed by atoms with van der Waals surface area (Å²) in [5.74, 6) is 0.508. The number of aromatic nitrogens is 2. The number of hydrogen-bond acceptors (Lipinski definition) is 7. The van der Waals surface area contributed by atoms with Crippen LogP contribution in [0, 0.1) is 6.92 Å². The first-order valence-corrected chi connectivity index (χ1v) is 11.3. The van der Waals surface area contributed by atoms with Gasteiger partial charge in [0.25, 0.3) is 15.6 Å². The van der Waals surface area contributed by atoms with Gasteiger partial charge >= 0.3 is 0 Å². The Balaban J connectivity index is 1.91. The number of benzene rings is 2. The first-order chi connectivity index (χ1) is 14.3. The first kappa shape index (κ1) is 20.5. The van der Waals surface area contributed by atoms with Crippen LogP contribution in [-0.2, 0) is 10.0 Å². The van der Waals surface area contributed by atoms with E-state index in [1.165, 1.54) is 49.0 Å². The monoisotopic (exact) mass is 465 g/mol. The van der Waals surface area contributed by atoms with Gasteiger partial charge in [-0.1, -0.05) is 35.1 Å². The largest absolute Gasteiger partial charge is 0.495 e. The van der Waals surface area contributed by atoms with E-state index in [0.29, 0.717) is 16.2 Å². The van der Waals surface area contributed by atoms with Crippen molar-refractivity contribution in [1.82, 2.24) is 9.38 Å². The standard InChI is InChI=1S/C19H16ClN3O5S2/c1-10-17(18(24)23-13-6-4-5-7-16(13)29-19(23)21-10)30(25,26)22-12-8-11(20)14(27-2)9-15(12)28-3/h4-9,22H,1-3H3. The van der Waals surface area contributed by atoms with Crippen molar-refractivity contribution in [3.8, 4) is 11.5 Å². The number of thiazole rings is 1. The van der Waals surface area contributed by atoms with Crippen LogP contribution >= 0.6 is 22.9 Å². The van der Waals surface area contributed by atoms with Gasteiger partial charge in [-0.05, 0) is 25.1 Å². The molecular formula is C19H16ClN3O5S2. The van der Waals surface area contributed by atoms with Gasteiger partial charge < -0.3 is 9.47 Å². The van der Waals surface area contributed by atoms with Gasteiger partial charge in [-0.15, -0.1) is 0 Å². The van der Waals surface area contributed by atoms with Crippen molar-refractivity contribution in [3.63, 3.8) is 0 Å². The third kappa shape index (κ3) is 3.26. The summed E-state index contributed by atoms with van der Waals surface area (Å²) in [5, 5.41) is 0.182. The number of sulfonamides is 1. The van der Waals surface area contributed by atoms with Crippen LogP contribution in [0.3, 0.4) is 0 Å². The zero-order valence-corrected chi connectivity index (χ0v) is 18.5. The van der Waals surface area contributed by atoms with Crippen molar-refractivity contribution in [2.45, 2.75) is 11.8 Å². The number of fused-ring (bicyclic) bond motifs is 3. The molecule has 0 aliphatic carbocycles. The van der Waals surface area contributed by atoms with Gasteiger partial charge in [0.1, 0.15) is 11.5 Å². The normalized spacial score (nSPS) is 11.7. The Bertz CT molecular complexity index is 1460. The molecule has 0 saturated heterocycles. The van der Waals surface area contributed by atoms with E-state index >= 15 is 0 Å². The Morgan fingerprint density at radius 3 is 2.53 bits per heavy atom. The highest BCUT2D eigenvalue weighted by atomic mass is 35.5. The Morgan fingerprint density at radius 1 is 1.13 bits per heavy atom. The molecule has 0 radical (unpaired) electrons. The summed E-state index contributed by atoms with van der Waals surface area (Å²) in [6.07, 6.45) is 0. The summed E-state index contributed by atoms with van der Waals surface area (Å²) < 4.78 is 41.3. The second-order valence-corrected chi connectivity index (χ2v) is 9.35. The van der Waals surface area contributed by atoms with E-state index in [0.717, 1.165) is 4.70 Å². The predicted molar refractivity (Wildman–Crippen MR) is 117 cm³/mol. The van der Waals surface area contributed by atoms with Gasteiger partial charge in [-0.25, -0.2) is 17.8 Å². The number of para-hydroxylation sites is 1. The number of methoxy groups -OCH3 is 2. The SMILES string of the molecule is COc1cc(OC)c(NS(=O)(=O)c2c(C)nc3sc4ccccc4n3c2=O)cc1Cl. The average Bonchev–Trinajstić information content (AvgIpc) is 3.06. The first-order valence-electron chi connectivity index (χ1n) is 8.62. The van der Waals surface area contributed by atoms with Crippen LogP contribution in [0.1, 0.15) is 5.69 Å². The molecule has 0 saturated carbocycles. The Kier molecular flexibility index (Phi) is 5.08. The zero-order chi connectivity index (χ0) is 21.6. The van der Waals surface area contributed by atoms with Crippen LogP contribution in [0.4, 0.5) is 5.69 Å². The molecule has 0 bridgehead atoms. The van der Waals surface area contributed by atoms with E-state index in [1.807, 2.05) is 12.1 Å². The predicted octanol–water partition coefficient (Wildman–Crippen LogP) is 3.69. The van der Waals surface area contributed by atoms with E-state index in [4.69, 9.17) is 21.1 Å². The highest BCUT2D eigenvalue weighted by Gasteiger charge is 2.27. The van der Waals surface area contributed by atoms with Crippen LogP contribution in [-0.4, -0.2) is 32.0 Å². The number of aryl methyl sites for hydroxylation is 1. The van der Waals surface area contributed by atoms with Gasteiger partial charge in [0.05, 0.1) is 40.8 Å². The lowest BCUT2D eigenvalue weighted by atomic mass is 10.3. The Labute approximate surface area is 180 Å². The molecule has 2 aromatic carbocycles. The quantitative estimate of drug-likeness (QED) is 0.482. The molecule has 156 valence electrons. The number of rotatable bonds is 5. The molecule has 4 rings (SSSR count). The summed E-state index contributed by atoms with van der Waals surface area (Å²) in [6, 6.07) is 10.0. The third-order valence-corrected chi connectivity index (χ3v) is 7.29. The van der Waals surface area contributed by atoms with Crippen LogP contribution in [0.5, 0.6) is 11.5 Å². The minimum absolute atomic E-state index is 0.0716. The van der Waals surface area contributed by atoms with Crippen molar-refractivity contribution in [2.24, 2.45) is 0 Å². The van der Waals surface area contributed by atoms with E-state index < -0.39 is 20.5 Å². The van der Waals surface area contributed by atoms with Crippen LogP contribution in [0.25, 0.3) is 15.2 Å². The fourth-order valence-electron chi connectivity index (χ4n) is 3.14. The Hall–Kier alpha value is -2.82. The Morgan fingerprint density at radius 2 is 1.83 bits per heavy atom. The van der Waals surface area contributed by atoms with Crippen LogP contribution in [0.15, 0.2) is 46.1 Å². The van der Waals surface area contributed by atoms with E-state index in [2.05, 4.69) is 9.71 Å². The fraction of sp³-hybridized carbons (Fsp3) is 0.158. The van der Waals surface area contributed by atoms with E-state index in [-0.39, 0.29) is 22.2 Å². The second-order valence-electron chi connectivity index (χ2n) is 6.31. The summed E-state index contributed by atoms with van der Waals surface area (Å²) >= 11 is 7.44. The molecule has 0 amide bonds. The maximum atomic E-state index is 13.2. The van der Waals surface area contributed by atoms with E-state index in [9.17, 15) is 13.2 Å². The maximum Gasteiger partial charge on any atom is 0.280 e. The van der Waals surface area contributed by atoms with Gasteiger partial charge in [-0.2, -0.15) is 0 Å². The van der Waals surface area contributed by atoms with Crippen molar-refractivity contribution in [3.05, 3.63) is 57.5 Å². The number of halogens is 1. The fourth-order valence-corrected chi connectivity index (χ4v) is 5.75. The molecule has 30 heavy (non-hydrogen) atoms. The lowest BCUT2D eigenvalue weighted by Gasteiger charge is -2.14. The van der Waals surface area contributed by atoms with Crippen LogP contribution < -0.4 is 19.8 Å². The highest BCUT2D eigenvalue weighted by molar-refractivity contribution is 7.92. The third-order valence-electron chi connectivity index (χ3n) is 4.47. The molecule has 0 fully saturated rings. The van der Waals surface area contributed by atoms with Crippen molar-refractivity contribution >= 4 is 53.8 Å². The minimum Gasteiger partial charge on any atom is -0.495 e. The van der Waals surface area contributed by atoms with Crippen molar-refractivity contribution < 1.29 is 17.9 Å². The summed E-state index contributed by atoms with van der Waals surface area (Å²) in [6.45, 7) is 1.48. The van der Waals surface area contributed by atoms with Crippen molar-refractivity contribution in [2.75, 3.05) is 18.9 Å². The molecule has 1 N–H and O–H groups in total. The van der Waals surface area contributed by atoms with Gasteiger partial charge in [0.2, 0.25) is 0 Å². The lowest BCUT2D eigenvalue weighted by Crippen LogP contribution is -2.27. The zero-order valence-electron chi connectivity index (χ0n) is 16.1. The molecule has 0 atom stereocenters. The van der Waals surface area contributed by atoms with Crippen molar-refractivity contribution in [1.29, 1.82) is 0 Å². The summed E-state index contributed by atoms with van der Waals surface area (Å²) in [4.78, 5) is 17.5. The summed E-state index contributed by atoms with van der Waals surface area (Å²) in [7, 11) is -1.49. The molecule has 2 heterocycles. The second kappa shape index (κ2) is 7.46. The molecule has 0 unspecified atom stereocenters. The van der Waals surface area contributed by atoms with Gasteiger partial charge in [0.15, 0.2) is 9.86 Å². The number of ether oxygens (including phenoxy) is 2. The molecule has 8 nitrogen and oxygen atoms in total. The van der Waals surface area contributed by atoms with Gasteiger partial charge in [0, 0.05) is 6.07 Å². The summed E-state index contributed by atoms with van der Waals surface area (Å²) in [5.41, 5.74) is 0.0811. The maximum absolute atomic E-state index is 13.2. The van der Waals surface area contributed by atoms with Crippen LogP contribution in [0.2, 0.25) is 5.02 Å². The number of nitrogens with zero attached hydrogens (tertiary/aromatic N) is 2. The average molecular weight is 466 g/mol. The highest BCUT2D eigenvalue weighted by Crippen LogP contribution is 2.37. The van der Waals surface area contributed by atoms with Gasteiger partial charge in [-0.3, -0.25) is 9.52 Å². The molecule has 0 spiro atoms. The van der Waals surface area contributed by atoms with E-state index in [1.54, 1.807) is 12.1 Å². The number of anilines is 1. The molecule has 0 aliphatic rings. The molecule has 4 aromatic rings. The molecule has 0 aliphatic heterocycles. The minimum atomic E-state index is -4.30. The smallest absolute Gasteiger partial charge is 0.280 e. The molecular weight excluding hydrogens is 450 g/mol. The lowest BCUT2D eigenvalue weighted by molar-refractivity contribution is 0.396. The topological polar surface area (TPSA) is 99.0 Å². The number of nitrogens with one attached hydrogen (secondary N) is 1.